The largest absolute Gasteiger partial charge is 0.411 e. The summed E-state index contributed by atoms with van der Waals surface area (Å²) in [5, 5.41) is 12.7. The molecule has 1 aromatic heterocycles. The van der Waals surface area contributed by atoms with Crippen LogP contribution in [0.2, 0.25) is 0 Å². The lowest BCUT2D eigenvalue weighted by atomic mass is 10.1. The molecule has 0 aliphatic rings. The normalized spacial score (nSPS) is 11.7. The zero-order chi connectivity index (χ0) is 20.8. The lowest BCUT2D eigenvalue weighted by molar-refractivity contribution is -0.119. The highest BCUT2D eigenvalue weighted by atomic mass is 32.2. The first kappa shape index (κ1) is 20.6. The molecule has 8 heteroatoms. The molecule has 29 heavy (non-hydrogen) atoms. The van der Waals surface area contributed by atoms with E-state index in [9.17, 15) is 9.59 Å². The highest BCUT2D eigenvalue weighted by molar-refractivity contribution is 8.00. The number of aryl methyl sites for hydroxylation is 2. The maximum atomic E-state index is 12.3. The minimum Gasteiger partial charge on any atom is -0.411 e. The Labute approximate surface area is 173 Å². The average Bonchev–Trinajstić information content (AvgIpc) is 3.15. The van der Waals surface area contributed by atoms with E-state index in [1.54, 1.807) is 6.92 Å². The molecule has 1 heterocycles. The zero-order valence-corrected chi connectivity index (χ0v) is 17.2. The Kier molecular flexibility index (Phi) is 6.66. The van der Waals surface area contributed by atoms with Gasteiger partial charge in [0, 0.05) is 12.1 Å². The van der Waals surface area contributed by atoms with Gasteiger partial charge in [-0.25, -0.2) is 4.79 Å². The van der Waals surface area contributed by atoms with Crippen molar-refractivity contribution < 1.29 is 14.0 Å². The van der Waals surface area contributed by atoms with Crippen LogP contribution < -0.4 is 10.6 Å². The Morgan fingerprint density at radius 1 is 1.07 bits per heavy atom. The highest BCUT2D eigenvalue weighted by Gasteiger charge is 2.20. The van der Waals surface area contributed by atoms with Gasteiger partial charge in [-0.1, -0.05) is 59.3 Å². The Hall–Kier alpha value is -3.13. The van der Waals surface area contributed by atoms with Crippen LogP contribution in [0.1, 0.15) is 23.6 Å². The predicted octanol–water partition coefficient (Wildman–Crippen LogP) is 3.86. The molecule has 0 saturated carbocycles. The van der Waals surface area contributed by atoms with Crippen molar-refractivity contribution in [2.24, 2.45) is 0 Å². The molecule has 3 rings (SSSR count). The number of hydrogen-bond acceptors (Lipinski definition) is 6. The molecule has 2 N–H and O–H groups in total. The van der Waals surface area contributed by atoms with Crippen LogP contribution in [0.3, 0.4) is 0 Å². The van der Waals surface area contributed by atoms with E-state index < -0.39 is 17.2 Å². The first-order valence-corrected chi connectivity index (χ1v) is 10.00. The van der Waals surface area contributed by atoms with E-state index in [2.05, 4.69) is 26.9 Å². The summed E-state index contributed by atoms with van der Waals surface area (Å²) in [6.45, 7) is 6.01. The van der Waals surface area contributed by atoms with Crippen molar-refractivity contribution in [3.05, 3.63) is 65.2 Å². The molecule has 7 nitrogen and oxygen atoms in total. The molecule has 150 valence electrons. The van der Waals surface area contributed by atoms with Gasteiger partial charge in [-0.05, 0) is 38.5 Å². The Bertz CT molecular complexity index is 984. The van der Waals surface area contributed by atoms with Gasteiger partial charge >= 0.3 is 6.03 Å². The molecule has 0 bridgehead atoms. The summed E-state index contributed by atoms with van der Waals surface area (Å²) in [6.07, 6.45) is 0. The van der Waals surface area contributed by atoms with E-state index >= 15 is 0 Å². The van der Waals surface area contributed by atoms with Gasteiger partial charge in [-0.3, -0.25) is 10.1 Å². The third-order valence-corrected chi connectivity index (χ3v) is 4.99. The number of rotatable bonds is 6. The van der Waals surface area contributed by atoms with Crippen LogP contribution in [0.25, 0.3) is 11.5 Å². The van der Waals surface area contributed by atoms with E-state index in [4.69, 9.17) is 4.42 Å². The molecular weight excluding hydrogens is 388 g/mol. The summed E-state index contributed by atoms with van der Waals surface area (Å²) < 4.78 is 5.67. The molecule has 3 aromatic rings. The van der Waals surface area contributed by atoms with Crippen LogP contribution in [-0.2, 0) is 11.3 Å². The van der Waals surface area contributed by atoms with Gasteiger partial charge in [0.15, 0.2) is 0 Å². The molecule has 0 saturated heterocycles. The molecule has 0 unspecified atom stereocenters. The van der Waals surface area contributed by atoms with Gasteiger partial charge < -0.3 is 9.73 Å². The van der Waals surface area contributed by atoms with E-state index in [0.717, 1.165) is 34.0 Å². The maximum Gasteiger partial charge on any atom is 0.321 e. The lowest BCUT2D eigenvalue weighted by Gasteiger charge is -2.10. The first-order valence-electron chi connectivity index (χ1n) is 9.12. The molecule has 0 fully saturated rings. The second-order valence-corrected chi connectivity index (χ2v) is 7.96. The summed E-state index contributed by atoms with van der Waals surface area (Å²) >= 11 is 1.10. The third-order valence-electron chi connectivity index (χ3n) is 4.05. The fourth-order valence-corrected chi connectivity index (χ4v) is 3.40. The number of imide groups is 1. The second kappa shape index (κ2) is 9.38. The summed E-state index contributed by atoms with van der Waals surface area (Å²) in [5.41, 5.74) is 3.98. The number of nitrogens with zero attached hydrogens (tertiary/aromatic N) is 2. The first-order chi connectivity index (χ1) is 13.9. The number of nitrogens with one attached hydrogen (secondary N) is 2. The molecule has 0 aliphatic heterocycles. The molecule has 1 atom stereocenters. The number of thioether (sulfide) groups is 1. The average molecular weight is 410 g/mol. The van der Waals surface area contributed by atoms with Gasteiger partial charge in [-0.2, -0.15) is 0 Å². The second-order valence-electron chi connectivity index (χ2n) is 6.67. The number of hydrogen-bond donors (Lipinski definition) is 2. The smallest absolute Gasteiger partial charge is 0.321 e. The quantitative estimate of drug-likeness (QED) is 0.599. The minimum absolute atomic E-state index is 0.270. The number of aromatic nitrogens is 2. The molecule has 0 aliphatic carbocycles. The van der Waals surface area contributed by atoms with Crippen molar-refractivity contribution in [3.8, 4) is 11.5 Å². The van der Waals surface area contributed by atoms with Gasteiger partial charge in [-0.15, -0.1) is 10.2 Å². The Balaban J connectivity index is 1.53. The molecule has 0 radical (unpaired) electrons. The van der Waals surface area contributed by atoms with Gasteiger partial charge in [0.2, 0.25) is 11.8 Å². The Morgan fingerprint density at radius 3 is 2.45 bits per heavy atom. The molecule has 3 amide bonds. The summed E-state index contributed by atoms with van der Waals surface area (Å²) in [6, 6.07) is 14.9. The number of urea groups is 1. The topological polar surface area (TPSA) is 97.1 Å². The van der Waals surface area contributed by atoms with Crippen molar-refractivity contribution in [3.63, 3.8) is 0 Å². The van der Waals surface area contributed by atoms with Crippen LogP contribution in [0.4, 0.5) is 4.79 Å². The standard InChI is InChI=1S/C21H22N4O3S/c1-13-9-14(2)11-17(10-13)19-24-25-21(28-19)29-15(3)18(26)23-20(27)22-12-16-7-5-4-6-8-16/h4-11,15H,12H2,1-3H3,(H2,22,23,26,27)/t15-/m1/s1. The fraction of sp³-hybridized carbons (Fsp3) is 0.238. The maximum absolute atomic E-state index is 12.3. The van der Waals surface area contributed by atoms with Crippen molar-refractivity contribution in [1.82, 2.24) is 20.8 Å². The zero-order valence-electron chi connectivity index (χ0n) is 16.4. The monoisotopic (exact) mass is 410 g/mol. The number of benzene rings is 2. The van der Waals surface area contributed by atoms with Crippen LogP contribution >= 0.6 is 11.8 Å². The van der Waals surface area contributed by atoms with Crippen molar-refractivity contribution in [2.45, 2.75) is 37.8 Å². The van der Waals surface area contributed by atoms with Crippen LogP contribution in [0.15, 0.2) is 58.2 Å². The number of carbonyl (C=O) groups is 2. The van der Waals surface area contributed by atoms with E-state index in [0.29, 0.717) is 12.4 Å². The third kappa shape index (κ3) is 5.92. The predicted molar refractivity (Wildman–Crippen MR) is 111 cm³/mol. The summed E-state index contributed by atoms with van der Waals surface area (Å²) in [5.74, 6) is -0.0424. The van der Waals surface area contributed by atoms with Crippen LogP contribution in [-0.4, -0.2) is 27.4 Å². The van der Waals surface area contributed by atoms with Gasteiger partial charge in [0.05, 0.1) is 5.25 Å². The highest BCUT2D eigenvalue weighted by Crippen LogP contribution is 2.27. The summed E-state index contributed by atoms with van der Waals surface area (Å²) in [4.78, 5) is 24.2. The lowest BCUT2D eigenvalue weighted by Crippen LogP contribution is -2.42. The van der Waals surface area contributed by atoms with Crippen LogP contribution in [0.5, 0.6) is 0 Å². The van der Waals surface area contributed by atoms with E-state index in [1.807, 2.05) is 56.3 Å². The SMILES string of the molecule is Cc1cc(C)cc(-c2nnc(S[C@H](C)C(=O)NC(=O)NCc3ccccc3)o2)c1. The molecule has 0 spiro atoms. The van der Waals surface area contributed by atoms with Crippen molar-refractivity contribution in [2.75, 3.05) is 0 Å². The number of amides is 3. The van der Waals surface area contributed by atoms with Gasteiger partial charge in [0.1, 0.15) is 0 Å². The Morgan fingerprint density at radius 2 is 1.76 bits per heavy atom. The van der Waals surface area contributed by atoms with Crippen LogP contribution in [0, 0.1) is 13.8 Å². The van der Waals surface area contributed by atoms with Crippen molar-refractivity contribution in [1.29, 1.82) is 0 Å². The summed E-state index contributed by atoms with van der Waals surface area (Å²) in [7, 11) is 0. The fourth-order valence-electron chi connectivity index (χ4n) is 2.71. The van der Waals surface area contributed by atoms with Gasteiger partial charge in [0.25, 0.3) is 5.22 Å². The van der Waals surface area contributed by atoms with E-state index in [-0.39, 0.29) is 5.22 Å². The molecular formula is C21H22N4O3S. The number of carbonyl (C=O) groups excluding carboxylic acids is 2. The molecule has 2 aromatic carbocycles. The minimum atomic E-state index is -0.579. The van der Waals surface area contributed by atoms with Crippen molar-refractivity contribution >= 4 is 23.7 Å². The van der Waals surface area contributed by atoms with E-state index in [1.165, 1.54) is 0 Å².